The topological polar surface area (TPSA) is 190 Å². The van der Waals surface area contributed by atoms with Crippen molar-refractivity contribution in [1.82, 2.24) is 0 Å². The van der Waals surface area contributed by atoms with Crippen molar-refractivity contribution in [3.63, 3.8) is 0 Å². The zero-order chi connectivity index (χ0) is 17.3. The standard InChI is InChI=1S/C12H22O11/c13-1-3-5(15)7(17)9(19)11(21-3)23-12-10(20)8(18)6(16)4(2-14)22-12/h3-20H,1-2H2/t3-,4-,5-,6-,7+,8+,9-,10-,11-,12-/m0/s1. The van der Waals surface area contributed by atoms with Crippen LogP contribution in [-0.4, -0.2) is 115 Å². The van der Waals surface area contributed by atoms with Crippen molar-refractivity contribution in [2.45, 2.75) is 61.4 Å². The highest BCUT2D eigenvalue weighted by Gasteiger charge is 2.49. The van der Waals surface area contributed by atoms with E-state index in [1.54, 1.807) is 0 Å². The summed E-state index contributed by atoms with van der Waals surface area (Å²) in [5, 5.41) is 76.4. The molecule has 0 saturated carbocycles. The highest BCUT2D eigenvalue weighted by molar-refractivity contribution is 4.92. The normalized spacial score (nSPS) is 51.7. The van der Waals surface area contributed by atoms with Crippen LogP contribution in [0.2, 0.25) is 0 Å². The van der Waals surface area contributed by atoms with Gasteiger partial charge in [-0.15, -0.1) is 0 Å². The van der Waals surface area contributed by atoms with E-state index in [0.717, 1.165) is 0 Å². The maximum atomic E-state index is 9.84. The van der Waals surface area contributed by atoms with Gasteiger partial charge in [-0.2, -0.15) is 0 Å². The Hall–Kier alpha value is -0.440. The molecule has 0 amide bonds. The molecule has 2 aliphatic rings. The lowest BCUT2D eigenvalue weighted by atomic mass is 9.98. The number of hydrogen-bond acceptors (Lipinski definition) is 11. The van der Waals surface area contributed by atoms with E-state index in [4.69, 9.17) is 24.4 Å². The average molecular weight is 342 g/mol. The lowest BCUT2D eigenvalue weighted by molar-refractivity contribution is -0.376. The Morgan fingerprint density at radius 1 is 0.565 bits per heavy atom. The molecule has 0 bridgehead atoms. The fourth-order valence-electron chi connectivity index (χ4n) is 2.49. The van der Waals surface area contributed by atoms with Gasteiger partial charge in [0, 0.05) is 0 Å². The van der Waals surface area contributed by atoms with E-state index in [-0.39, 0.29) is 0 Å². The molecule has 0 radical (unpaired) electrons. The summed E-state index contributed by atoms with van der Waals surface area (Å²) in [6.07, 6.45) is -15.6. The van der Waals surface area contributed by atoms with Gasteiger partial charge in [0.1, 0.15) is 48.8 Å². The second-order valence-electron chi connectivity index (χ2n) is 5.53. The lowest BCUT2D eigenvalue weighted by Gasteiger charge is -2.44. The third-order valence-electron chi connectivity index (χ3n) is 3.97. The van der Waals surface area contributed by atoms with Crippen LogP contribution in [0.3, 0.4) is 0 Å². The van der Waals surface area contributed by atoms with Crippen LogP contribution in [-0.2, 0) is 14.2 Å². The maximum Gasteiger partial charge on any atom is 0.189 e. The minimum Gasteiger partial charge on any atom is -0.394 e. The van der Waals surface area contributed by atoms with Crippen LogP contribution in [0.4, 0.5) is 0 Å². The molecular weight excluding hydrogens is 320 g/mol. The second-order valence-corrected chi connectivity index (χ2v) is 5.53. The minimum absolute atomic E-state index is 0.667. The Balaban J connectivity index is 2.07. The number of ether oxygens (including phenoxy) is 3. The molecule has 0 unspecified atom stereocenters. The van der Waals surface area contributed by atoms with Crippen molar-refractivity contribution in [3.8, 4) is 0 Å². The van der Waals surface area contributed by atoms with Crippen LogP contribution in [0.5, 0.6) is 0 Å². The number of aliphatic hydroxyl groups is 8. The van der Waals surface area contributed by atoms with Crippen molar-refractivity contribution in [2.24, 2.45) is 0 Å². The quantitative estimate of drug-likeness (QED) is 0.243. The minimum atomic E-state index is -1.72. The molecule has 2 rings (SSSR count). The molecule has 2 fully saturated rings. The number of rotatable bonds is 4. The largest absolute Gasteiger partial charge is 0.394 e. The molecule has 2 aliphatic heterocycles. The van der Waals surface area contributed by atoms with E-state index in [1.807, 2.05) is 0 Å². The SMILES string of the molecule is OC[C@@H]1O[C@@H](O[C@@H]2O[C@@H](CO)[C@H](O)[C@@H](O)[C@@H]2O)[C@@H](O)[C@H](O)[C@H]1O. The average Bonchev–Trinajstić information content (AvgIpc) is 2.55. The first-order valence-corrected chi connectivity index (χ1v) is 7.08. The summed E-state index contributed by atoms with van der Waals surface area (Å²) in [7, 11) is 0. The van der Waals surface area contributed by atoms with Crippen LogP contribution in [0.15, 0.2) is 0 Å². The first-order valence-electron chi connectivity index (χ1n) is 7.08. The monoisotopic (exact) mass is 342 g/mol. The van der Waals surface area contributed by atoms with Crippen LogP contribution >= 0.6 is 0 Å². The van der Waals surface area contributed by atoms with E-state index in [1.165, 1.54) is 0 Å². The van der Waals surface area contributed by atoms with Crippen molar-refractivity contribution in [3.05, 3.63) is 0 Å². The third kappa shape index (κ3) is 3.65. The highest BCUT2D eigenvalue weighted by Crippen LogP contribution is 2.27. The van der Waals surface area contributed by atoms with Crippen molar-refractivity contribution >= 4 is 0 Å². The van der Waals surface area contributed by atoms with Gasteiger partial charge in [-0.25, -0.2) is 0 Å². The Morgan fingerprint density at radius 2 is 0.913 bits per heavy atom. The summed E-state index contributed by atoms with van der Waals surface area (Å²) in [5.41, 5.74) is 0. The Morgan fingerprint density at radius 3 is 1.22 bits per heavy atom. The summed E-state index contributed by atoms with van der Waals surface area (Å²) < 4.78 is 15.3. The Bertz CT molecular complexity index is 344. The van der Waals surface area contributed by atoms with Gasteiger partial charge in [-0.3, -0.25) is 0 Å². The van der Waals surface area contributed by atoms with E-state index in [9.17, 15) is 30.6 Å². The maximum absolute atomic E-state index is 9.84. The molecule has 0 aromatic rings. The van der Waals surface area contributed by atoms with Gasteiger partial charge in [0.25, 0.3) is 0 Å². The van der Waals surface area contributed by atoms with Gasteiger partial charge in [-0.05, 0) is 0 Å². The van der Waals surface area contributed by atoms with E-state index in [2.05, 4.69) is 0 Å². The lowest BCUT2D eigenvalue weighted by Crippen LogP contribution is -2.63. The molecule has 0 aliphatic carbocycles. The summed E-state index contributed by atoms with van der Waals surface area (Å²) in [6, 6.07) is 0. The van der Waals surface area contributed by atoms with Crippen molar-refractivity contribution in [1.29, 1.82) is 0 Å². The first kappa shape index (κ1) is 18.9. The van der Waals surface area contributed by atoms with Gasteiger partial charge in [0.05, 0.1) is 13.2 Å². The predicted molar refractivity (Wildman–Crippen MR) is 68.6 cm³/mol. The summed E-state index contributed by atoms with van der Waals surface area (Å²) in [6.45, 7) is -1.33. The molecule has 8 N–H and O–H groups in total. The molecular formula is C12H22O11. The fraction of sp³-hybridized carbons (Fsp3) is 1.00. The van der Waals surface area contributed by atoms with E-state index >= 15 is 0 Å². The van der Waals surface area contributed by atoms with Gasteiger partial charge >= 0.3 is 0 Å². The van der Waals surface area contributed by atoms with Crippen molar-refractivity contribution in [2.75, 3.05) is 13.2 Å². The molecule has 2 heterocycles. The molecule has 23 heavy (non-hydrogen) atoms. The van der Waals surface area contributed by atoms with Crippen molar-refractivity contribution < 1.29 is 55.1 Å². The molecule has 2 saturated heterocycles. The fourth-order valence-corrected chi connectivity index (χ4v) is 2.49. The molecule has 136 valence electrons. The Labute approximate surface area is 130 Å². The molecule has 0 aromatic carbocycles. The van der Waals surface area contributed by atoms with E-state index in [0.29, 0.717) is 0 Å². The second kappa shape index (κ2) is 7.63. The molecule has 10 atom stereocenters. The van der Waals surface area contributed by atoms with Gasteiger partial charge in [0.15, 0.2) is 12.6 Å². The molecule has 11 nitrogen and oxygen atoms in total. The first-order chi connectivity index (χ1) is 10.8. The van der Waals surface area contributed by atoms with Gasteiger partial charge in [-0.1, -0.05) is 0 Å². The smallest absolute Gasteiger partial charge is 0.189 e. The van der Waals surface area contributed by atoms with Crippen LogP contribution in [0, 0.1) is 0 Å². The summed E-state index contributed by atoms with van der Waals surface area (Å²) >= 11 is 0. The zero-order valence-electron chi connectivity index (χ0n) is 12.0. The molecule has 0 aromatic heterocycles. The van der Waals surface area contributed by atoms with Crippen LogP contribution < -0.4 is 0 Å². The van der Waals surface area contributed by atoms with Gasteiger partial charge in [0.2, 0.25) is 0 Å². The number of aliphatic hydroxyl groups excluding tert-OH is 8. The predicted octanol–water partition coefficient (Wildman–Crippen LogP) is -5.40. The van der Waals surface area contributed by atoms with Gasteiger partial charge < -0.3 is 55.1 Å². The molecule has 0 spiro atoms. The third-order valence-corrected chi connectivity index (χ3v) is 3.97. The van der Waals surface area contributed by atoms with Crippen LogP contribution in [0.1, 0.15) is 0 Å². The number of hydrogen-bond donors (Lipinski definition) is 8. The zero-order valence-corrected chi connectivity index (χ0v) is 12.0. The van der Waals surface area contributed by atoms with E-state index < -0.39 is 74.6 Å². The van der Waals surface area contributed by atoms with Crippen LogP contribution in [0.25, 0.3) is 0 Å². The summed E-state index contributed by atoms with van der Waals surface area (Å²) in [5.74, 6) is 0. The Kier molecular flexibility index (Phi) is 6.27. The summed E-state index contributed by atoms with van der Waals surface area (Å²) in [4.78, 5) is 0. The highest BCUT2D eigenvalue weighted by atomic mass is 16.8. The molecule has 11 heteroatoms.